The molecule has 8 heteroatoms. The molecule has 1 amide bonds. The maximum Gasteiger partial charge on any atom is 0.291 e. The van der Waals surface area contributed by atoms with Crippen LogP contribution in [0.2, 0.25) is 0 Å². The van der Waals surface area contributed by atoms with E-state index in [4.69, 9.17) is 4.42 Å². The summed E-state index contributed by atoms with van der Waals surface area (Å²) < 4.78 is 33.9. The van der Waals surface area contributed by atoms with Gasteiger partial charge in [0.15, 0.2) is 17.4 Å². The first kappa shape index (κ1) is 15.4. The molecule has 118 valence electrons. The number of carbonyl (C=O) groups excluding carboxylic acids is 1. The number of hydrogen-bond acceptors (Lipinski definition) is 3. The fourth-order valence-electron chi connectivity index (χ4n) is 1.94. The zero-order chi connectivity index (χ0) is 16.4. The second-order valence-electron chi connectivity index (χ2n) is 4.71. The number of halogens is 3. The first-order valence-corrected chi connectivity index (χ1v) is 7.33. The number of anilines is 1. The molecule has 0 atom stereocenters. The molecule has 5 nitrogen and oxygen atoms in total. The molecule has 2 aromatic heterocycles. The van der Waals surface area contributed by atoms with Crippen LogP contribution >= 0.6 is 15.9 Å². The molecule has 0 radical (unpaired) electrons. The van der Waals surface area contributed by atoms with Crippen LogP contribution in [0.1, 0.15) is 16.3 Å². The van der Waals surface area contributed by atoms with Crippen molar-refractivity contribution < 1.29 is 18.0 Å². The molecular formula is C15H10BrF2N3O2. The molecule has 0 saturated carbocycles. The van der Waals surface area contributed by atoms with Crippen LogP contribution in [0.3, 0.4) is 0 Å². The second kappa shape index (κ2) is 6.33. The molecule has 3 rings (SSSR count). The molecule has 0 saturated heterocycles. The van der Waals surface area contributed by atoms with E-state index in [0.717, 1.165) is 16.6 Å². The third-order valence-electron chi connectivity index (χ3n) is 2.98. The molecule has 0 aliphatic carbocycles. The summed E-state index contributed by atoms with van der Waals surface area (Å²) in [6.45, 7) is 0.365. The van der Waals surface area contributed by atoms with Gasteiger partial charge in [0.05, 0.1) is 17.2 Å². The SMILES string of the molecule is O=C(Nc1ccc(F)c(F)c1)c1ccc(Cn2cc(Br)cn2)o1. The van der Waals surface area contributed by atoms with E-state index in [0.29, 0.717) is 12.3 Å². The van der Waals surface area contributed by atoms with Crippen molar-refractivity contribution in [3.05, 3.63) is 70.4 Å². The third-order valence-corrected chi connectivity index (χ3v) is 3.39. The van der Waals surface area contributed by atoms with Crippen LogP contribution in [-0.2, 0) is 6.54 Å². The number of furan rings is 1. The molecule has 2 heterocycles. The summed E-state index contributed by atoms with van der Waals surface area (Å²) >= 11 is 3.29. The number of nitrogens with one attached hydrogen (secondary N) is 1. The highest BCUT2D eigenvalue weighted by atomic mass is 79.9. The van der Waals surface area contributed by atoms with Crippen molar-refractivity contribution in [3.63, 3.8) is 0 Å². The van der Waals surface area contributed by atoms with Gasteiger partial charge in [-0.25, -0.2) is 8.78 Å². The van der Waals surface area contributed by atoms with Crippen molar-refractivity contribution in [2.24, 2.45) is 0 Å². The summed E-state index contributed by atoms with van der Waals surface area (Å²) in [4.78, 5) is 12.0. The van der Waals surface area contributed by atoms with Gasteiger partial charge in [0.1, 0.15) is 5.76 Å². The summed E-state index contributed by atoms with van der Waals surface area (Å²) in [5.74, 6) is -1.96. The Morgan fingerprint density at radius 3 is 2.78 bits per heavy atom. The average molecular weight is 382 g/mol. The van der Waals surface area contributed by atoms with Gasteiger partial charge >= 0.3 is 0 Å². The molecule has 0 spiro atoms. The first-order chi connectivity index (χ1) is 11.0. The van der Waals surface area contributed by atoms with E-state index in [-0.39, 0.29) is 11.4 Å². The third kappa shape index (κ3) is 3.65. The lowest BCUT2D eigenvalue weighted by Crippen LogP contribution is -2.11. The minimum absolute atomic E-state index is 0.0657. The van der Waals surface area contributed by atoms with Gasteiger partial charge in [0.2, 0.25) is 0 Å². The van der Waals surface area contributed by atoms with Crippen LogP contribution in [-0.4, -0.2) is 15.7 Å². The van der Waals surface area contributed by atoms with E-state index in [2.05, 4.69) is 26.3 Å². The van der Waals surface area contributed by atoms with Crippen molar-refractivity contribution in [1.29, 1.82) is 0 Å². The van der Waals surface area contributed by atoms with Gasteiger partial charge in [0.25, 0.3) is 5.91 Å². The van der Waals surface area contributed by atoms with Gasteiger partial charge < -0.3 is 9.73 Å². The number of hydrogen-bond donors (Lipinski definition) is 1. The Kier molecular flexibility index (Phi) is 4.24. The van der Waals surface area contributed by atoms with Crippen LogP contribution in [0.25, 0.3) is 0 Å². The highest BCUT2D eigenvalue weighted by molar-refractivity contribution is 9.10. The van der Waals surface area contributed by atoms with Crippen LogP contribution < -0.4 is 5.32 Å². The molecule has 1 aromatic carbocycles. The van der Waals surface area contributed by atoms with Gasteiger partial charge in [0, 0.05) is 18.0 Å². The van der Waals surface area contributed by atoms with Crippen molar-refractivity contribution >= 4 is 27.5 Å². The smallest absolute Gasteiger partial charge is 0.291 e. The van der Waals surface area contributed by atoms with E-state index in [1.54, 1.807) is 23.1 Å². The standard InChI is InChI=1S/C15H10BrF2N3O2/c16-9-6-19-21(7-9)8-11-2-4-14(23-11)15(22)20-10-1-3-12(17)13(18)5-10/h1-7H,8H2,(H,20,22). The second-order valence-corrected chi connectivity index (χ2v) is 5.62. The molecule has 1 N–H and O–H groups in total. The Bertz CT molecular complexity index is 860. The molecule has 0 bridgehead atoms. The monoisotopic (exact) mass is 381 g/mol. The molecule has 0 aliphatic rings. The fraction of sp³-hybridized carbons (Fsp3) is 0.0667. The van der Waals surface area contributed by atoms with E-state index in [1.165, 1.54) is 12.1 Å². The predicted molar refractivity (Wildman–Crippen MR) is 82.0 cm³/mol. The number of amides is 1. The molecule has 0 unspecified atom stereocenters. The van der Waals surface area contributed by atoms with E-state index in [1.807, 2.05) is 0 Å². The summed E-state index contributed by atoms with van der Waals surface area (Å²) in [6, 6.07) is 6.26. The average Bonchev–Trinajstić information content (AvgIpc) is 3.13. The lowest BCUT2D eigenvalue weighted by Gasteiger charge is -2.03. The van der Waals surface area contributed by atoms with Gasteiger partial charge in [-0.15, -0.1) is 0 Å². The quantitative estimate of drug-likeness (QED) is 0.747. The van der Waals surface area contributed by atoms with Crippen molar-refractivity contribution in [2.75, 3.05) is 5.32 Å². The van der Waals surface area contributed by atoms with Crippen LogP contribution in [0.5, 0.6) is 0 Å². The van der Waals surface area contributed by atoms with Gasteiger partial charge in [-0.3, -0.25) is 9.48 Å². The van der Waals surface area contributed by atoms with E-state index < -0.39 is 17.5 Å². The largest absolute Gasteiger partial charge is 0.454 e. The Morgan fingerprint density at radius 2 is 2.09 bits per heavy atom. The Labute approximate surface area is 138 Å². The molecule has 3 aromatic rings. The summed E-state index contributed by atoms with van der Waals surface area (Å²) in [5, 5.41) is 6.52. The lowest BCUT2D eigenvalue weighted by molar-refractivity contribution is 0.0994. The Hall–Kier alpha value is -2.48. The lowest BCUT2D eigenvalue weighted by atomic mass is 10.3. The molecular weight excluding hydrogens is 372 g/mol. The Morgan fingerprint density at radius 1 is 1.26 bits per heavy atom. The number of aromatic nitrogens is 2. The summed E-state index contributed by atoms with van der Waals surface area (Å²) in [7, 11) is 0. The molecule has 0 fully saturated rings. The Balaban J connectivity index is 1.69. The van der Waals surface area contributed by atoms with Gasteiger partial charge in [-0.05, 0) is 40.2 Å². The highest BCUT2D eigenvalue weighted by Crippen LogP contribution is 2.16. The predicted octanol–water partition coefficient (Wildman–Crippen LogP) is 3.82. The van der Waals surface area contributed by atoms with Crippen molar-refractivity contribution in [2.45, 2.75) is 6.54 Å². The zero-order valence-corrected chi connectivity index (χ0v) is 13.2. The van der Waals surface area contributed by atoms with Crippen LogP contribution in [0.15, 0.2) is 51.6 Å². The number of nitrogens with zero attached hydrogens (tertiary/aromatic N) is 2. The normalized spacial score (nSPS) is 10.7. The maximum atomic E-state index is 13.1. The minimum atomic E-state index is -1.04. The van der Waals surface area contributed by atoms with Crippen LogP contribution in [0.4, 0.5) is 14.5 Å². The van der Waals surface area contributed by atoms with Gasteiger partial charge in [-0.1, -0.05) is 0 Å². The molecule has 0 aliphatic heterocycles. The van der Waals surface area contributed by atoms with Crippen molar-refractivity contribution in [3.8, 4) is 0 Å². The van der Waals surface area contributed by atoms with Crippen molar-refractivity contribution in [1.82, 2.24) is 9.78 Å². The fourth-order valence-corrected chi connectivity index (χ4v) is 2.26. The maximum absolute atomic E-state index is 13.1. The summed E-state index contributed by atoms with van der Waals surface area (Å²) in [6.07, 6.45) is 3.41. The number of carbonyl (C=O) groups is 1. The summed E-state index contributed by atoms with van der Waals surface area (Å²) in [5.41, 5.74) is 0.142. The van der Waals surface area contributed by atoms with E-state index >= 15 is 0 Å². The number of rotatable bonds is 4. The zero-order valence-electron chi connectivity index (χ0n) is 11.6. The number of benzene rings is 1. The van der Waals surface area contributed by atoms with Gasteiger partial charge in [-0.2, -0.15) is 5.10 Å². The highest BCUT2D eigenvalue weighted by Gasteiger charge is 2.13. The topological polar surface area (TPSA) is 60.1 Å². The minimum Gasteiger partial charge on any atom is -0.454 e. The first-order valence-electron chi connectivity index (χ1n) is 6.54. The van der Waals surface area contributed by atoms with Crippen LogP contribution in [0, 0.1) is 11.6 Å². The molecule has 23 heavy (non-hydrogen) atoms. The van der Waals surface area contributed by atoms with E-state index in [9.17, 15) is 13.6 Å².